The van der Waals surface area contributed by atoms with Crippen LogP contribution < -0.4 is 5.32 Å². The van der Waals surface area contributed by atoms with Crippen molar-refractivity contribution in [2.45, 2.75) is 18.4 Å². The number of carbonyl (C=O) groups is 2. The SMILES string of the molecule is O=C(N[C@@H](Cc1nccs1)C(=O)O)OCC1c2ccccc2-c2ccccc21. The third-order valence-electron chi connectivity index (χ3n) is 4.80. The molecule has 0 saturated carbocycles. The lowest BCUT2D eigenvalue weighted by Crippen LogP contribution is -2.42. The van der Waals surface area contributed by atoms with Gasteiger partial charge in [-0.15, -0.1) is 11.3 Å². The average molecular weight is 394 g/mol. The molecule has 0 saturated heterocycles. The molecular formula is C21H18N2O4S. The Balaban J connectivity index is 1.44. The summed E-state index contributed by atoms with van der Waals surface area (Å²) in [6.07, 6.45) is 0.981. The maximum Gasteiger partial charge on any atom is 0.407 e. The molecule has 142 valence electrons. The van der Waals surface area contributed by atoms with Crippen LogP contribution in [0.3, 0.4) is 0 Å². The van der Waals surface area contributed by atoms with Gasteiger partial charge in [0.2, 0.25) is 0 Å². The van der Waals surface area contributed by atoms with E-state index in [1.807, 2.05) is 36.4 Å². The maximum absolute atomic E-state index is 12.3. The molecule has 0 unspecified atom stereocenters. The Hall–Kier alpha value is -3.19. The number of carboxylic acids is 1. The van der Waals surface area contributed by atoms with Crippen LogP contribution in [-0.2, 0) is 16.0 Å². The molecule has 0 radical (unpaired) electrons. The van der Waals surface area contributed by atoms with Crippen LogP contribution in [0.15, 0.2) is 60.1 Å². The number of nitrogens with one attached hydrogen (secondary N) is 1. The normalized spacial score (nSPS) is 13.4. The summed E-state index contributed by atoms with van der Waals surface area (Å²) < 4.78 is 5.41. The van der Waals surface area contributed by atoms with Crippen LogP contribution in [0.4, 0.5) is 4.79 Å². The number of rotatable bonds is 6. The Morgan fingerprint density at radius 2 is 1.75 bits per heavy atom. The van der Waals surface area contributed by atoms with Crippen LogP contribution in [0.1, 0.15) is 22.1 Å². The number of fused-ring (bicyclic) bond motifs is 3. The summed E-state index contributed by atoms with van der Waals surface area (Å²) in [5, 5.41) is 14.2. The lowest BCUT2D eigenvalue weighted by atomic mass is 9.98. The average Bonchev–Trinajstić information content (AvgIpc) is 3.32. The molecule has 7 heteroatoms. The van der Waals surface area contributed by atoms with Crippen molar-refractivity contribution in [3.05, 3.63) is 76.2 Å². The number of carboxylic acid groups (broad SMARTS) is 1. The number of hydrogen-bond donors (Lipinski definition) is 2. The van der Waals surface area contributed by atoms with E-state index in [-0.39, 0.29) is 18.9 Å². The number of alkyl carbamates (subject to hydrolysis) is 1. The third-order valence-corrected chi connectivity index (χ3v) is 5.60. The highest BCUT2D eigenvalue weighted by atomic mass is 32.1. The predicted molar refractivity (Wildman–Crippen MR) is 105 cm³/mol. The number of hydrogen-bond acceptors (Lipinski definition) is 5. The van der Waals surface area contributed by atoms with E-state index in [1.54, 1.807) is 11.6 Å². The van der Waals surface area contributed by atoms with E-state index in [1.165, 1.54) is 11.3 Å². The molecule has 1 aliphatic rings. The molecule has 1 atom stereocenters. The standard InChI is InChI=1S/C21H18N2O4S/c24-20(25)18(11-19-22-9-10-28-19)23-21(26)27-12-17-15-7-3-1-5-13(15)14-6-2-4-8-16(14)17/h1-10,17-18H,11-12H2,(H,23,26)(H,24,25)/t18-/m0/s1. The number of carbonyl (C=O) groups excluding carboxylic acids is 1. The second-order valence-electron chi connectivity index (χ2n) is 6.49. The molecule has 4 rings (SSSR count). The molecule has 0 spiro atoms. The zero-order valence-corrected chi connectivity index (χ0v) is 15.7. The Labute approximate surface area is 165 Å². The minimum atomic E-state index is -1.12. The van der Waals surface area contributed by atoms with Crippen LogP contribution in [0.5, 0.6) is 0 Å². The first-order valence-corrected chi connectivity index (χ1v) is 9.74. The van der Waals surface area contributed by atoms with E-state index < -0.39 is 18.1 Å². The Kier molecular flexibility index (Phi) is 5.08. The van der Waals surface area contributed by atoms with E-state index in [0.29, 0.717) is 5.01 Å². The van der Waals surface area contributed by atoms with Crippen molar-refractivity contribution < 1.29 is 19.4 Å². The van der Waals surface area contributed by atoms with Gasteiger partial charge in [-0.2, -0.15) is 0 Å². The highest BCUT2D eigenvalue weighted by Crippen LogP contribution is 2.44. The van der Waals surface area contributed by atoms with Gasteiger partial charge in [0.1, 0.15) is 12.6 Å². The van der Waals surface area contributed by atoms with Gasteiger partial charge < -0.3 is 15.2 Å². The molecule has 1 aliphatic carbocycles. The van der Waals surface area contributed by atoms with Crippen LogP contribution >= 0.6 is 11.3 Å². The second kappa shape index (κ2) is 7.82. The van der Waals surface area contributed by atoms with E-state index in [0.717, 1.165) is 22.3 Å². The molecule has 28 heavy (non-hydrogen) atoms. The van der Waals surface area contributed by atoms with Gasteiger partial charge in [0.05, 0.1) is 5.01 Å². The fraction of sp³-hybridized carbons (Fsp3) is 0.190. The fourth-order valence-electron chi connectivity index (χ4n) is 3.51. The first-order chi connectivity index (χ1) is 13.6. The van der Waals surface area contributed by atoms with Crippen LogP contribution in [0.2, 0.25) is 0 Å². The zero-order valence-electron chi connectivity index (χ0n) is 14.9. The van der Waals surface area contributed by atoms with E-state index in [9.17, 15) is 14.7 Å². The van der Waals surface area contributed by atoms with Crippen molar-refractivity contribution in [3.63, 3.8) is 0 Å². The molecule has 2 aromatic carbocycles. The Bertz CT molecular complexity index is 958. The van der Waals surface area contributed by atoms with Gasteiger partial charge >= 0.3 is 12.1 Å². The number of aliphatic carboxylic acids is 1. The van der Waals surface area contributed by atoms with Gasteiger partial charge in [-0.3, -0.25) is 0 Å². The number of aromatic nitrogens is 1. The smallest absolute Gasteiger partial charge is 0.407 e. The van der Waals surface area contributed by atoms with Crippen molar-refractivity contribution in [2.75, 3.05) is 6.61 Å². The third kappa shape index (κ3) is 3.61. The second-order valence-corrected chi connectivity index (χ2v) is 7.47. The quantitative estimate of drug-likeness (QED) is 0.666. The Morgan fingerprint density at radius 1 is 1.11 bits per heavy atom. The topological polar surface area (TPSA) is 88.5 Å². The molecule has 0 aliphatic heterocycles. The van der Waals surface area contributed by atoms with Crippen molar-refractivity contribution in [1.29, 1.82) is 0 Å². The highest BCUT2D eigenvalue weighted by Gasteiger charge is 2.29. The van der Waals surface area contributed by atoms with Crippen molar-refractivity contribution in [2.24, 2.45) is 0 Å². The minimum Gasteiger partial charge on any atom is -0.480 e. The summed E-state index contributed by atoms with van der Waals surface area (Å²) in [7, 11) is 0. The molecule has 0 bridgehead atoms. The summed E-state index contributed by atoms with van der Waals surface area (Å²) in [4.78, 5) is 27.8. The molecule has 1 amide bonds. The van der Waals surface area contributed by atoms with E-state index in [2.05, 4.69) is 22.4 Å². The Morgan fingerprint density at radius 3 is 2.32 bits per heavy atom. The molecule has 6 nitrogen and oxygen atoms in total. The zero-order chi connectivity index (χ0) is 19.5. The first-order valence-electron chi connectivity index (χ1n) is 8.86. The van der Waals surface area contributed by atoms with Crippen molar-refractivity contribution in [1.82, 2.24) is 10.3 Å². The van der Waals surface area contributed by atoms with E-state index >= 15 is 0 Å². The molecule has 1 aromatic heterocycles. The number of thiazole rings is 1. The molecule has 3 aromatic rings. The van der Waals surface area contributed by atoms with Crippen molar-refractivity contribution in [3.8, 4) is 11.1 Å². The summed E-state index contributed by atoms with van der Waals surface area (Å²) in [6, 6.07) is 15.0. The lowest BCUT2D eigenvalue weighted by Gasteiger charge is -2.17. The maximum atomic E-state index is 12.3. The van der Waals surface area contributed by atoms with Gasteiger partial charge in [-0.25, -0.2) is 14.6 Å². The first kappa shape index (κ1) is 18.2. The molecular weight excluding hydrogens is 376 g/mol. The van der Waals surface area contributed by atoms with Crippen LogP contribution in [0.25, 0.3) is 11.1 Å². The molecule has 0 fully saturated rings. The predicted octanol–water partition coefficient (Wildman–Crippen LogP) is 3.68. The van der Waals surface area contributed by atoms with Gasteiger partial charge in [-0.1, -0.05) is 48.5 Å². The number of benzene rings is 2. The molecule has 2 N–H and O–H groups in total. The van der Waals surface area contributed by atoms with Gasteiger partial charge in [0.25, 0.3) is 0 Å². The summed E-state index contributed by atoms with van der Waals surface area (Å²) in [5.41, 5.74) is 4.49. The van der Waals surface area contributed by atoms with Crippen molar-refractivity contribution >= 4 is 23.4 Å². The van der Waals surface area contributed by atoms with Gasteiger partial charge in [0, 0.05) is 23.9 Å². The summed E-state index contributed by atoms with van der Waals surface area (Å²) >= 11 is 1.35. The summed E-state index contributed by atoms with van der Waals surface area (Å²) in [6.45, 7) is 0.142. The fourth-order valence-corrected chi connectivity index (χ4v) is 4.17. The van der Waals surface area contributed by atoms with Crippen LogP contribution in [0, 0.1) is 0 Å². The number of amides is 1. The lowest BCUT2D eigenvalue weighted by molar-refractivity contribution is -0.139. The number of ether oxygens (including phenoxy) is 1. The largest absolute Gasteiger partial charge is 0.480 e. The van der Waals surface area contributed by atoms with E-state index in [4.69, 9.17) is 4.74 Å². The minimum absolute atomic E-state index is 0.0691. The number of nitrogens with zero attached hydrogens (tertiary/aromatic N) is 1. The monoisotopic (exact) mass is 394 g/mol. The van der Waals surface area contributed by atoms with Gasteiger partial charge in [-0.05, 0) is 22.3 Å². The van der Waals surface area contributed by atoms with Gasteiger partial charge in [0.15, 0.2) is 0 Å². The molecule has 1 heterocycles. The summed E-state index contributed by atoms with van der Waals surface area (Å²) in [5.74, 6) is -1.19. The van der Waals surface area contributed by atoms with Crippen LogP contribution in [-0.4, -0.2) is 34.8 Å². The highest BCUT2D eigenvalue weighted by molar-refractivity contribution is 7.09.